The summed E-state index contributed by atoms with van der Waals surface area (Å²) in [5.41, 5.74) is 0.640. The summed E-state index contributed by atoms with van der Waals surface area (Å²) in [5, 5.41) is 0. The summed E-state index contributed by atoms with van der Waals surface area (Å²) >= 11 is 0.900. The third-order valence-electron chi connectivity index (χ3n) is 3.86. The number of hydrogen-bond acceptors (Lipinski definition) is 8. The van der Waals surface area contributed by atoms with Gasteiger partial charge in [-0.05, 0) is 44.0 Å². The van der Waals surface area contributed by atoms with Crippen molar-refractivity contribution >= 4 is 29.2 Å². The molecule has 2 aromatic rings. The van der Waals surface area contributed by atoms with Gasteiger partial charge in [-0.2, -0.15) is 0 Å². The third kappa shape index (κ3) is 5.57. The van der Waals surface area contributed by atoms with E-state index in [1.54, 1.807) is 31.2 Å². The summed E-state index contributed by atoms with van der Waals surface area (Å²) in [5.74, 6) is -1.26. The van der Waals surface area contributed by atoms with Gasteiger partial charge in [0.25, 0.3) is 0 Å². The van der Waals surface area contributed by atoms with Crippen LogP contribution in [0.3, 0.4) is 0 Å². The van der Waals surface area contributed by atoms with Crippen LogP contribution in [-0.4, -0.2) is 38.2 Å². The topological polar surface area (TPSA) is 88.1 Å². The Bertz CT molecular complexity index is 868. The summed E-state index contributed by atoms with van der Waals surface area (Å²) in [6.45, 7) is 5.82. The Balaban J connectivity index is 2.35. The summed E-state index contributed by atoms with van der Waals surface area (Å²) < 4.78 is 20.9. The van der Waals surface area contributed by atoms with Gasteiger partial charge in [-0.1, -0.05) is 13.8 Å². The summed E-state index contributed by atoms with van der Waals surface area (Å²) in [6, 6.07) is 6.35. The number of benzene rings is 1. The van der Waals surface area contributed by atoms with Crippen LogP contribution in [-0.2, 0) is 9.47 Å². The quantitative estimate of drug-likeness (QED) is 0.555. The largest absolute Gasteiger partial charge is 0.497 e. The van der Waals surface area contributed by atoms with Gasteiger partial charge >= 0.3 is 17.9 Å². The molecule has 0 spiro atoms. The van der Waals surface area contributed by atoms with Gasteiger partial charge in [-0.15, -0.1) is 11.3 Å². The number of carbonyl (C=O) groups excluding carboxylic acids is 3. The predicted octanol–water partition coefficient (Wildman–Crippen LogP) is 4.42. The Hall–Kier alpha value is -2.87. The lowest BCUT2D eigenvalue weighted by molar-refractivity contribution is 0.0497. The molecule has 0 atom stereocenters. The van der Waals surface area contributed by atoms with Gasteiger partial charge in [0.05, 0.1) is 25.9 Å². The molecule has 0 N–H and O–H groups in total. The predicted molar refractivity (Wildman–Crippen MR) is 108 cm³/mol. The van der Waals surface area contributed by atoms with Crippen molar-refractivity contribution < 1.29 is 33.3 Å². The van der Waals surface area contributed by atoms with Crippen molar-refractivity contribution in [3.63, 3.8) is 0 Å². The highest BCUT2D eigenvalue weighted by atomic mass is 32.1. The smallest absolute Gasteiger partial charge is 0.352 e. The van der Waals surface area contributed by atoms with E-state index in [1.165, 1.54) is 7.11 Å². The molecule has 0 saturated heterocycles. The minimum absolute atomic E-state index is 0.0142. The fraction of sp³-hybridized carbons (Fsp3) is 0.381. The zero-order valence-corrected chi connectivity index (χ0v) is 17.7. The highest BCUT2D eigenvalue weighted by Gasteiger charge is 2.29. The first-order chi connectivity index (χ1) is 13.9. The fourth-order valence-electron chi connectivity index (χ4n) is 2.35. The van der Waals surface area contributed by atoms with E-state index >= 15 is 0 Å². The first-order valence-electron chi connectivity index (χ1n) is 9.26. The second kappa shape index (κ2) is 10.6. The molecular weight excluding hydrogens is 396 g/mol. The molecule has 0 saturated carbocycles. The lowest BCUT2D eigenvalue weighted by Gasteiger charge is -2.08. The molecule has 0 radical (unpaired) electrons. The van der Waals surface area contributed by atoms with E-state index in [-0.39, 0.29) is 34.3 Å². The van der Waals surface area contributed by atoms with E-state index in [2.05, 4.69) is 0 Å². The average Bonchev–Trinajstić information content (AvgIpc) is 3.06. The molecular formula is C21H24O7S. The van der Waals surface area contributed by atoms with E-state index in [0.29, 0.717) is 24.2 Å². The zero-order valence-electron chi connectivity index (χ0n) is 16.9. The molecule has 1 aromatic carbocycles. The number of methoxy groups -OCH3 is 1. The van der Waals surface area contributed by atoms with Gasteiger partial charge in [-0.3, -0.25) is 0 Å². The number of carbonyl (C=O) groups is 3. The molecule has 7 nitrogen and oxygen atoms in total. The number of hydrogen-bond donors (Lipinski definition) is 0. The van der Waals surface area contributed by atoms with Crippen molar-refractivity contribution in [2.24, 2.45) is 0 Å². The molecule has 2 rings (SSSR count). The van der Waals surface area contributed by atoms with Crippen LogP contribution < -0.4 is 9.47 Å². The number of rotatable bonds is 9. The van der Waals surface area contributed by atoms with Crippen LogP contribution in [0.5, 0.6) is 11.5 Å². The Morgan fingerprint density at radius 3 is 1.93 bits per heavy atom. The maximum Gasteiger partial charge on any atom is 0.352 e. The summed E-state index contributed by atoms with van der Waals surface area (Å²) in [6.07, 6.45) is 1.31. The first kappa shape index (κ1) is 22.4. The maximum atomic E-state index is 12.6. The van der Waals surface area contributed by atoms with Crippen molar-refractivity contribution in [2.45, 2.75) is 33.6 Å². The molecule has 0 aliphatic heterocycles. The standard InChI is InChI=1S/C21H24O7S/c1-5-11-26-20(23)17-13(3)16(18(29-17)21(24)27-12-6-2)28-19(22)14-7-9-15(25-4)10-8-14/h7-10H,5-6,11-12H2,1-4H3. The van der Waals surface area contributed by atoms with Crippen molar-refractivity contribution in [1.29, 1.82) is 0 Å². The minimum Gasteiger partial charge on any atom is -0.497 e. The van der Waals surface area contributed by atoms with Gasteiger partial charge in [-0.25, -0.2) is 14.4 Å². The van der Waals surface area contributed by atoms with Gasteiger partial charge in [0.15, 0.2) is 10.6 Å². The Kier molecular flexibility index (Phi) is 8.21. The first-order valence-corrected chi connectivity index (χ1v) is 10.1. The monoisotopic (exact) mass is 420 g/mol. The molecule has 156 valence electrons. The van der Waals surface area contributed by atoms with Crippen LogP contribution in [0.1, 0.15) is 62.0 Å². The average molecular weight is 420 g/mol. The SMILES string of the molecule is CCCOC(=O)c1sc(C(=O)OCCC)c(OC(=O)c2ccc(OC)cc2)c1C. The second-order valence-electron chi connectivity index (χ2n) is 6.10. The normalized spacial score (nSPS) is 10.3. The van der Waals surface area contributed by atoms with E-state index in [0.717, 1.165) is 11.3 Å². The van der Waals surface area contributed by atoms with Crippen molar-refractivity contribution in [1.82, 2.24) is 0 Å². The maximum absolute atomic E-state index is 12.6. The van der Waals surface area contributed by atoms with Gasteiger partial charge in [0.2, 0.25) is 0 Å². The van der Waals surface area contributed by atoms with E-state index < -0.39 is 17.9 Å². The molecule has 1 aromatic heterocycles. The van der Waals surface area contributed by atoms with Gasteiger partial charge in [0.1, 0.15) is 10.6 Å². The highest BCUT2D eigenvalue weighted by molar-refractivity contribution is 7.16. The lowest BCUT2D eigenvalue weighted by Crippen LogP contribution is -2.12. The Labute approximate surface area is 173 Å². The van der Waals surface area contributed by atoms with Crippen LogP contribution in [0.2, 0.25) is 0 Å². The van der Waals surface area contributed by atoms with Gasteiger partial charge in [0, 0.05) is 5.56 Å². The van der Waals surface area contributed by atoms with Gasteiger partial charge < -0.3 is 18.9 Å². The van der Waals surface area contributed by atoms with E-state index in [9.17, 15) is 14.4 Å². The summed E-state index contributed by atoms with van der Waals surface area (Å²) in [7, 11) is 1.52. The molecule has 0 aliphatic carbocycles. The zero-order chi connectivity index (χ0) is 21.4. The second-order valence-corrected chi connectivity index (χ2v) is 7.12. The molecule has 29 heavy (non-hydrogen) atoms. The van der Waals surface area contributed by atoms with Crippen molar-refractivity contribution in [3.05, 3.63) is 45.1 Å². The van der Waals surface area contributed by atoms with Crippen molar-refractivity contribution in [2.75, 3.05) is 20.3 Å². The van der Waals surface area contributed by atoms with Crippen LogP contribution in [0.15, 0.2) is 24.3 Å². The molecule has 1 heterocycles. The number of ether oxygens (including phenoxy) is 4. The number of esters is 3. The molecule has 0 fully saturated rings. The van der Waals surface area contributed by atoms with Crippen LogP contribution in [0.4, 0.5) is 0 Å². The lowest BCUT2D eigenvalue weighted by atomic mass is 10.2. The summed E-state index contributed by atoms with van der Waals surface area (Å²) in [4.78, 5) is 37.6. The Morgan fingerprint density at radius 1 is 0.862 bits per heavy atom. The van der Waals surface area contributed by atoms with E-state index in [1.807, 2.05) is 13.8 Å². The molecule has 0 amide bonds. The van der Waals surface area contributed by atoms with Crippen LogP contribution in [0, 0.1) is 6.92 Å². The minimum atomic E-state index is -0.661. The molecule has 0 bridgehead atoms. The third-order valence-corrected chi connectivity index (χ3v) is 5.09. The Morgan fingerprint density at radius 2 is 1.41 bits per heavy atom. The highest BCUT2D eigenvalue weighted by Crippen LogP contribution is 2.37. The molecule has 0 unspecified atom stereocenters. The van der Waals surface area contributed by atoms with Crippen LogP contribution >= 0.6 is 11.3 Å². The van der Waals surface area contributed by atoms with Crippen molar-refractivity contribution in [3.8, 4) is 11.5 Å². The van der Waals surface area contributed by atoms with E-state index in [4.69, 9.17) is 18.9 Å². The fourth-order valence-corrected chi connectivity index (χ4v) is 3.37. The van der Waals surface area contributed by atoms with Crippen LogP contribution in [0.25, 0.3) is 0 Å². The molecule has 8 heteroatoms. The number of thiophene rings is 1. The molecule has 0 aliphatic rings.